The molecule has 2 aromatic carbocycles. The first kappa shape index (κ1) is 20.5. The van der Waals surface area contributed by atoms with Crippen LogP contribution >= 0.6 is 11.8 Å². The van der Waals surface area contributed by atoms with Gasteiger partial charge in [0.1, 0.15) is 6.61 Å². The maximum absolute atomic E-state index is 11.9. The van der Waals surface area contributed by atoms with Gasteiger partial charge in [-0.1, -0.05) is 29.7 Å². The Kier molecular flexibility index (Phi) is 8.40. The second kappa shape index (κ2) is 11.0. The van der Waals surface area contributed by atoms with Gasteiger partial charge in [0, 0.05) is 23.7 Å². The van der Waals surface area contributed by atoms with E-state index >= 15 is 0 Å². The fraction of sp³-hybridized carbons (Fsp3) is 0.286. The number of amides is 2. The SMILES string of the molecule is C#CCOc1cc(CNC(=O)NCCSc2ccc(C)cc2)ccc1OC. The van der Waals surface area contributed by atoms with E-state index in [-0.39, 0.29) is 12.6 Å². The lowest BCUT2D eigenvalue weighted by Crippen LogP contribution is -2.36. The Morgan fingerprint density at radius 1 is 1.15 bits per heavy atom. The van der Waals surface area contributed by atoms with E-state index in [4.69, 9.17) is 15.9 Å². The molecule has 0 aliphatic heterocycles. The molecule has 0 atom stereocenters. The van der Waals surface area contributed by atoms with E-state index < -0.39 is 0 Å². The van der Waals surface area contributed by atoms with E-state index in [1.807, 2.05) is 12.1 Å². The molecule has 0 saturated carbocycles. The highest BCUT2D eigenvalue weighted by Gasteiger charge is 2.07. The van der Waals surface area contributed by atoms with E-state index in [0.29, 0.717) is 24.6 Å². The van der Waals surface area contributed by atoms with Crippen molar-refractivity contribution in [3.8, 4) is 23.8 Å². The number of terminal acetylenes is 1. The summed E-state index contributed by atoms with van der Waals surface area (Å²) in [4.78, 5) is 13.1. The number of hydrogen-bond acceptors (Lipinski definition) is 4. The number of benzene rings is 2. The number of methoxy groups -OCH3 is 1. The van der Waals surface area contributed by atoms with E-state index in [1.165, 1.54) is 10.5 Å². The molecule has 0 fully saturated rings. The number of nitrogens with one attached hydrogen (secondary N) is 2. The molecule has 27 heavy (non-hydrogen) atoms. The first-order valence-electron chi connectivity index (χ1n) is 8.56. The second-order valence-corrected chi connectivity index (χ2v) is 6.92. The molecule has 2 amide bonds. The largest absolute Gasteiger partial charge is 0.493 e. The van der Waals surface area contributed by atoms with Crippen LogP contribution in [0.3, 0.4) is 0 Å². The van der Waals surface area contributed by atoms with E-state index in [2.05, 4.69) is 47.7 Å². The Morgan fingerprint density at radius 3 is 2.63 bits per heavy atom. The lowest BCUT2D eigenvalue weighted by atomic mass is 10.2. The number of ether oxygens (including phenoxy) is 2. The standard InChI is InChI=1S/C21H24N2O3S/c1-4-12-26-20-14-17(7-10-19(20)25-3)15-23-21(24)22-11-13-27-18-8-5-16(2)6-9-18/h1,5-10,14H,11-13,15H2,2-3H3,(H2,22,23,24). The zero-order valence-electron chi connectivity index (χ0n) is 15.6. The fourth-order valence-corrected chi connectivity index (χ4v) is 3.04. The fourth-order valence-electron chi connectivity index (χ4n) is 2.28. The summed E-state index contributed by atoms with van der Waals surface area (Å²) in [6.07, 6.45) is 5.22. The third kappa shape index (κ3) is 7.16. The Balaban J connectivity index is 1.73. The monoisotopic (exact) mass is 384 g/mol. The zero-order valence-corrected chi connectivity index (χ0v) is 16.4. The van der Waals surface area contributed by atoms with Crippen LogP contribution in [-0.4, -0.2) is 32.0 Å². The van der Waals surface area contributed by atoms with Crippen molar-refractivity contribution in [1.29, 1.82) is 0 Å². The van der Waals surface area contributed by atoms with Crippen molar-refractivity contribution >= 4 is 17.8 Å². The van der Waals surface area contributed by atoms with Gasteiger partial charge in [0.2, 0.25) is 0 Å². The smallest absolute Gasteiger partial charge is 0.315 e. The van der Waals surface area contributed by atoms with Crippen LogP contribution in [0, 0.1) is 19.3 Å². The Hall–Kier alpha value is -2.78. The molecule has 0 aliphatic carbocycles. The van der Waals surface area contributed by atoms with Crippen molar-refractivity contribution < 1.29 is 14.3 Å². The van der Waals surface area contributed by atoms with Crippen molar-refractivity contribution in [1.82, 2.24) is 10.6 Å². The number of carbonyl (C=O) groups is 1. The van der Waals surface area contributed by atoms with Crippen LogP contribution < -0.4 is 20.1 Å². The van der Waals surface area contributed by atoms with Gasteiger partial charge < -0.3 is 20.1 Å². The topological polar surface area (TPSA) is 59.6 Å². The maximum atomic E-state index is 11.9. The summed E-state index contributed by atoms with van der Waals surface area (Å²) >= 11 is 1.71. The summed E-state index contributed by atoms with van der Waals surface area (Å²) in [5.74, 6) is 4.39. The zero-order chi connectivity index (χ0) is 19.5. The van der Waals surface area contributed by atoms with Crippen LogP contribution in [0.2, 0.25) is 0 Å². The van der Waals surface area contributed by atoms with Gasteiger partial charge in [-0.2, -0.15) is 0 Å². The predicted molar refractivity (Wildman–Crippen MR) is 109 cm³/mol. The first-order chi connectivity index (χ1) is 13.1. The summed E-state index contributed by atoms with van der Waals surface area (Å²) in [5.41, 5.74) is 2.13. The predicted octanol–water partition coefficient (Wildman–Crippen LogP) is 3.61. The molecule has 0 saturated heterocycles. The van der Waals surface area contributed by atoms with Crippen LogP contribution in [0.15, 0.2) is 47.4 Å². The number of thioether (sulfide) groups is 1. The molecule has 0 spiro atoms. The molecular weight excluding hydrogens is 360 g/mol. The number of rotatable bonds is 9. The average molecular weight is 385 g/mol. The maximum Gasteiger partial charge on any atom is 0.315 e. The molecule has 142 valence electrons. The van der Waals surface area contributed by atoms with Crippen LogP contribution in [0.25, 0.3) is 0 Å². The lowest BCUT2D eigenvalue weighted by molar-refractivity contribution is 0.241. The molecule has 5 nitrogen and oxygen atoms in total. The second-order valence-electron chi connectivity index (χ2n) is 5.75. The first-order valence-corrected chi connectivity index (χ1v) is 9.55. The minimum atomic E-state index is -0.207. The highest BCUT2D eigenvalue weighted by molar-refractivity contribution is 7.99. The number of carbonyl (C=O) groups excluding carboxylic acids is 1. The summed E-state index contributed by atoms with van der Waals surface area (Å²) in [6.45, 7) is 3.19. The molecule has 0 bridgehead atoms. The highest BCUT2D eigenvalue weighted by Crippen LogP contribution is 2.27. The van der Waals surface area contributed by atoms with Crippen LogP contribution in [0.4, 0.5) is 4.79 Å². The molecule has 0 aromatic heterocycles. The summed E-state index contributed by atoms with van der Waals surface area (Å²) in [5, 5.41) is 5.68. The summed E-state index contributed by atoms with van der Waals surface area (Å²) in [6, 6.07) is 13.6. The molecule has 0 radical (unpaired) electrons. The van der Waals surface area contributed by atoms with E-state index in [0.717, 1.165) is 11.3 Å². The van der Waals surface area contributed by atoms with E-state index in [1.54, 1.807) is 24.9 Å². The van der Waals surface area contributed by atoms with Gasteiger partial charge in [0.15, 0.2) is 11.5 Å². The Morgan fingerprint density at radius 2 is 1.93 bits per heavy atom. The van der Waals surface area contributed by atoms with Gasteiger partial charge in [-0.05, 0) is 36.8 Å². The number of urea groups is 1. The molecule has 6 heteroatoms. The normalized spacial score (nSPS) is 9.96. The van der Waals surface area contributed by atoms with Gasteiger partial charge in [0.25, 0.3) is 0 Å². The minimum Gasteiger partial charge on any atom is -0.493 e. The minimum absolute atomic E-state index is 0.159. The molecule has 0 unspecified atom stereocenters. The Bertz CT molecular complexity index is 785. The Labute approximate surface area is 164 Å². The molecule has 0 aliphatic rings. The lowest BCUT2D eigenvalue weighted by Gasteiger charge is -2.12. The number of hydrogen-bond donors (Lipinski definition) is 2. The molecule has 2 aromatic rings. The van der Waals surface area contributed by atoms with Crippen molar-refractivity contribution in [3.63, 3.8) is 0 Å². The molecular formula is C21H24N2O3S. The summed E-state index contributed by atoms with van der Waals surface area (Å²) < 4.78 is 10.7. The van der Waals surface area contributed by atoms with Gasteiger partial charge >= 0.3 is 6.03 Å². The van der Waals surface area contributed by atoms with Gasteiger partial charge in [-0.25, -0.2) is 4.79 Å². The quantitative estimate of drug-likeness (QED) is 0.394. The van der Waals surface area contributed by atoms with Crippen molar-refractivity contribution in [2.24, 2.45) is 0 Å². The summed E-state index contributed by atoms with van der Waals surface area (Å²) in [7, 11) is 1.57. The van der Waals surface area contributed by atoms with Crippen LogP contribution in [-0.2, 0) is 6.54 Å². The van der Waals surface area contributed by atoms with Crippen molar-refractivity contribution in [2.75, 3.05) is 26.0 Å². The van der Waals surface area contributed by atoms with E-state index in [9.17, 15) is 4.79 Å². The molecule has 0 heterocycles. The van der Waals surface area contributed by atoms with Crippen molar-refractivity contribution in [3.05, 3.63) is 53.6 Å². The number of aryl methyl sites for hydroxylation is 1. The molecule has 2 N–H and O–H groups in total. The van der Waals surface area contributed by atoms with Gasteiger partial charge in [-0.3, -0.25) is 0 Å². The van der Waals surface area contributed by atoms with Gasteiger partial charge in [0.05, 0.1) is 7.11 Å². The average Bonchev–Trinajstić information content (AvgIpc) is 2.69. The third-order valence-corrected chi connectivity index (χ3v) is 4.68. The van der Waals surface area contributed by atoms with Crippen molar-refractivity contribution in [2.45, 2.75) is 18.4 Å². The van der Waals surface area contributed by atoms with Crippen LogP contribution in [0.1, 0.15) is 11.1 Å². The molecule has 2 rings (SSSR count). The van der Waals surface area contributed by atoms with Gasteiger partial charge in [-0.15, -0.1) is 18.2 Å². The highest BCUT2D eigenvalue weighted by atomic mass is 32.2. The van der Waals surface area contributed by atoms with Crippen LogP contribution in [0.5, 0.6) is 11.5 Å². The third-order valence-electron chi connectivity index (χ3n) is 3.67.